The number of phenols is 1. The number of aryl methyl sites for hydroxylation is 2. The second-order valence-electron chi connectivity index (χ2n) is 7.35. The molecule has 5 N–H and O–H groups in total. The van der Waals surface area contributed by atoms with Crippen molar-refractivity contribution in [3.63, 3.8) is 0 Å². The number of nitrogens with two attached hydrogens (primary N) is 1. The number of fused-ring (bicyclic) bond motifs is 1. The fourth-order valence-corrected chi connectivity index (χ4v) is 3.67. The second kappa shape index (κ2) is 12.9. The minimum Gasteiger partial charge on any atom is -0.507 e. The summed E-state index contributed by atoms with van der Waals surface area (Å²) in [6, 6.07) is 10.7. The van der Waals surface area contributed by atoms with Crippen LogP contribution in [-0.2, 0) is 53.4 Å². The summed E-state index contributed by atoms with van der Waals surface area (Å²) in [7, 11) is -7.61. The zero-order valence-electron chi connectivity index (χ0n) is 19.7. The summed E-state index contributed by atoms with van der Waals surface area (Å²) in [5.74, 6) is 0.494. The number of aromatic nitrogens is 3. The number of rotatable bonds is 5. The van der Waals surface area contributed by atoms with Gasteiger partial charge in [0.1, 0.15) is 17.4 Å². The van der Waals surface area contributed by atoms with Crippen LogP contribution >= 0.6 is 0 Å². The van der Waals surface area contributed by atoms with Gasteiger partial charge in [0.25, 0.3) is 10.1 Å². The monoisotopic (exact) mass is 633 g/mol. The number of nitrogen functional groups attached to an aromatic ring is 1. The molecule has 1 aromatic heterocycles. The van der Waals surface area contributed by atoms with E-state index >= 15 is 0 Å². The molecular formula is C21H18N7O7S2Y-. The number of benzene rings is 3. The fourth-order valence-electron chi connectivity index (χ4n) is 3.13. The first-order chi connectivity index (χ1) is 17.3. The molecule has 38 heavy (non-hydrogen) atoms. The molecule has 0 unspecified atom stereocenters. The molecule has 0 aliphatic rings. The Balaban J connectivity index is 0.000000947. The molecule has 3 aromatic carbocycles. The summed E-state index contributed by atoms with van der Waals surface area (Å²) in [6.45, 7) is 3.45. The third kappa shape index (κ3) is 8.03. The summed E-state index contributed by atoms with van der Waals surface area (Å²) in [4.78, 5) is 11.4. The molecule has 4 aromatic rings. The summed E-state index contributed by atoms with van der Waals surface area (Å²) in [5, 5.41) is 22.4. The van der Waals surface area contributed by atoms with E-state index in [1.165, 1.54) is 6.07 Å². The van der Waals surface area contributed by atoms with Gasteiger partial charge >= 0.3 is 10.6 Å². The molecule has 0 fully saturated rings. The minimum absolute atomic E-state index is 0. The van der Waals surface area contributed by atoms with Gasteiger partial charge in [-0.1, -0.05) is 6.92 Å². The second-order valence-corrected chi connectivity index (χ2v) is 9.18. The molecule has 1 radical (unpaired) electrons. The van der Waals surface area contributed by atoms with Gasteiger partial charge in [-0.25, -0.2) is 0 Å². The van der Waals surface area contributed by atoms with Crippen molar-refractivity contribution in [2.45, 2.75) is 18.7 Å². The van der Waals surface area contributed by atoms with E-state index < -0.39 is 31.4 Å². The third-order valence-corrected chi connectivity index (χ3v) is 5.56. The standard InChI is InChI=1S/C21H18N7O4S.O3S.Y/c1-11-7-13-8-16(33(30,31)32)9-17(29)18(13)20(19(11)22)28-27-15-5-3-14(4-6-15)26-21-24-10-23-12(2)25-21;1-4(2)3;/h3-9,29H,22H2,1-2H3,(H,30,31,32)(H,23,24,25,26);;/q-1;;. The minimum atomic E-state index is -4.50. The number of anilines is 3. The van der Waals surface area contributed by atoms with E-state index in [0.29, 0.717) is 34.1 Å². The van der Waals surface area contributed by atoms with E-state index in [2.05, 4.69) is 36.8 Å². The molecule has 0 bridgehead atoms. The van der Waals surface area contributed by atoms with Crippen LogP contribution in [-0.4, -0.2) is 45.7 Å². The van der Waals surface area contributed by atoms with Crippen molar-refractivity contribution >= 4 is 60.2 Å². The number of nitrogens with zero attached hydrogens (tertiary/aromatic N) is 5. The van der Waals surface area contributed by atoms with E-state index in [-0.39, 0.29) is 49.5 Å². The molecule has 0 saturated carbocycles. The van der Waals surface area contributed by atoms with Gasteiger partial charge in [0.15, 0.2) is 0 Å². The maximum atomic E-state index is 11.5. The van der Waals surface area contributed by atoms with Crippen LogP contribution < -0.4 is 11.1 Å². The van der Waals surface area contributed by atoms with Gasteiger partial charge in [-0.3, -0.25) is 4.55 Å². The Morgan fingerprint density at radius 1 is 1.03 bits per heavy atom. The van der Waals surface area contributed by atoms with Crippen molar-refractivity contribution in [2.24, 2.45) is 10.2 Å². The molecule has 0 amide bonds. The van der Waals surface area contributed by atoms with Crippen molar-refractivity contribution in [1.29, 1.82) is 0 Å². The molecular weight excluding hydrogens is 615 g/mol. The molecule has 0 aliphatic carbocycles. The first-order valence-electron chi connectivity index (χ1n) is 10.0. The van der Waals surface area contributed by atoms with Gasteiger partial charge < -0.3 is 31.1 Å². The molecule has 0 spiro atoms. The van der Waals surface area contributed by atoms with Crippen molar-refractivity contribution in [1.82, 2.24) is 15.0 Å². The Kier molecular flexibility index (Phi) is 10.4. The summed E-state index contributed by atoms with van der Waals surface area (Å²) in [6.07, 6.45) is 2.50. The topological polar surface area (TPSA) is 227 Å². The average Bonchev–Trinajstić information content (AvgIpc) is 2.79. The van der Waals surface area contributed by atoms with Crippen LogP contribution in [0.5, 0.6) is 5.75 Å². The van der Waals surface area contributed by atoms with Gasteiger partial charge in [0, 0.05) is 56.6 Å². The number of nitrogens with one attached hydrogen (secondary N) is 1. The number of azo groups is 1. The van der Waals surface area contributed by atoms with E-state index in [1.54, 1.807) is 44.2 Å². The van der Waals surface area contributed by atoms with Gasteiger partial charge in [0.05, 0.1) is 21.7 Å². The zero-order chi connectivity index (χ0) is 27.3. The van der Waals surface area contributed by atoms with Crippen LogP contribution in [0.3, 0.4) is 0 Å². The SMILES string of the molecule is Cc1n[c-]nc(Nc2ccc(N=Nc3c(N)c(C)cc4cc(S(=O)(=O)O)cc(O)c34)cc2)n1.O=S(=O)=O.[Y]. The van der Waals surface area contributed by atoms with Crippen LogP contribution in [0.1, 0.15) is 11.4 Å². The number of hydrogen-bond acceptors (Lipinski definition) is 13. The number of phenolic OH excluding ortho intramolecular Hbond substituents is 1. The molecule has 4 rings (SSSR count). The zero-order valence-corrected chi connectivity index (χ0v) is 24.2. The summed E-state index contributed by atoms with van der Waals surface area (Å²) < 4.78 is 57.6. The molecule has 1 heterocycles. The van der Waals surface area contributed by atoms with Crippen LogP contribution in [0.2, 0.25) is 0 Å². The Labute approximate surface area is 243 Å². The van der Waals surface area contributed by atoms with Gasteiger partial charge in [-0.15, -0.1) is 17.7 Å². The molecule has 14 nitrogen and oxygen atoms in total. The first-order valence-corrected chi connectivity index (χ1v) is 12.5. The summed E-state index contributed by atoms with van der Waals surface area (Å²) >= 11 is 0. The van der Waals surface area contributed by atoms with Crippen molar-refractivity contribution in [3.8, 4) is 5.75 Å². The molecule has 0 aliphatic heterocycles. The van der Waals surface area contributed by atoms with Gasteiger partial charge in [-0.2, -0.15) is 13.5 Å². The Bertz CT molecular complexity index is 1730. The van der Waals surface area contributed by atoms with Gasteiger partial charge in [-0.05, 0) is 54.3 Å². The predicted octanol–water partition coefficient (Wildman–Crippen LogP) is 3.13. The maximum absolute atomic E-state index is 11.5. The first kappa shape index (κ1) is 30.8. The summed E-state index contributed by atoms with van der Waals surface area (Å²) in [5.41, 5.74) is 8.44. The quantitative estimate of drug-likeness (QED) is 0.108. The van der Waals surface area contributed by atoms with Crippen molar-refractivity contribution in [3.05, 3.63) is 60.2 Å². The van der Waals surface area contributed by atoms with E-state index in [4.69, 9.17) is 18.4 Å². The third-order valence-electron chi connectivity index (χ3n) is 4.73. The normalized spacial score (nSPS) is 10.9. The largest absolute Gasteiger partial charge is 0.507 e. The number of hydrogen-bond donors (Lipinski definition) is 4. The Hall–Kier alpha value is -3.44. The van der Waals surface area contributed by atoms with Crippen LogP contribution in [0.15, 0.2) is 57.6 Å². The van der Waals surface area contributed by atoms with Crippen LogP contribution in [0.25, 0.3) is 10.8 Å². The van der Waals surface area contributed by atoms with Crippen LogP contribution in [0, 0.1) is 20.2 Å². The van der Waals surface area contributed by atoms with E-state index in [9.17, 15) is 18.1 Å². The Morgan fingerprint density at radius 3 is 2.24 bits per heavy atom. The molecule has 0 atom stereocenters. The smallest absolute Gasteiger partial charge is 0.425 e. The molecule has 195 valence electrons. The average molecular weight is 633 g/mol. The Morgan fingerprint density at radius 2 is 1.66 bits per heavy atom. The van der Waals surface area contributed by atoms with Gasteiger partial charge in [0.2, 0.25) is 0 Å². The predicted molar refractivity (Wildman–Crippen MR) is 132 cm³/mol. The van der Waals surface area contributed by atoms with E-state index in [1.807, 2.05) is 0 Å². The van der Waals surface area contributed by atoms with Crippen molar-refractivity contribution < 1.29 is 63.4 Å². The van der Waals surface area contributed by atoms with Crippen LogP contribution in [0.4, 0.5) is 28.7 Å². The maximum Gasteiger partial charge on any atom is 0.425 e. The van der Waals surface area contributed by atoms with E-state index in [0.717, 1.165) is 6.07 Å². The fraction of sp³-hybridized carbons (Fsp3) is 0.0952. The molecule has 17 heteroatoms. The molecule has 0 saturated heterocycles. The number of aromatic hydroxyl groups is 1. The van der Waals surface area contributed by atoms with Crippen molar-refractivity contribution in [2.75, 3.05) is 11.1 Å².